The van der Waals surface area contributed by atoms with E-state index >= 15 is 0 Å². The van der Waals surface area contributed by atoms with Crippen LogP contribution in [-0.4, -0.2) is 39.4 Å². The predicted molar refractivity (Wildman–Crippen MR) is 110 cm³/mol. The van der Waals surface area contributed by atoms with Gasteiger partial charge in [-0.1, -0.05) is 11.8 Å². The molecule has 3 rings (SSSR count). The number of nitro benzene ring substituents is 1. The molecule has 0 bridgehead atoms. The Labute approximate surface area is 179 Å². The highest BCUT2D eigenvalue weighted by Crippen LogP contribution is 2.29. The molecule has 1 heterocycles. The molecule has 2 aromatic carbocycles. The zero-order chi connectivity index (χ0) is 22.4. The van der Waals surface area contributed by atoms with Gasteiger partial charge in [0.25, 0.3) is 12.1 Å². The van der Waals surface area contributed by atoms with Gasteiger partial charge in [0.05, 0.1) is 18.2 Å². The third kappa shape index (κ3) is 5.34. The minimum atomic E-state index is -2.81. The molecule has 0 amide bonds. The fourth-order valence-corrected chi connectivity index (χ4v) is 2.97. The van der Waals surface area contributed by atoms with Gasteiger partial charge in [0.15, 0.2) is 11.5 Å². The number of hydrogen-bond donors (Lipinski definition) is 0. The topological polar surface area (TPSA) is 105 Å². The number of benzene rings is 2. The lowest BCUT2D eigenvalue weighted by Crippen LogP contribution is -2.01. The number of nitro groups is 1. The second kappa shape index (κ2) is 9.98. The van der Waals surface area contributed by atoms with Crippen molar-refractivity contribution in [3.8, 4) is 11.5 Å². The van der Waals surface area contributed by atoms with Crippen LogP contribution in [0.1, 0.15) is 23.4 Å². The number of rotatable bonds is 9. The molecule has 0 saturated heterocycles. The van der Waals surface area contributed by atoms with Crippen LogP contribution in [0.5, 0.6) is 11.5 Å². The van der Waals surface area contributed by atoms with Crippen molar-refractivity contribution in [1.82, 2.24) is 14.9 Å². The number of nitrogens with zero attached hydrogens (tertiary/aromatic N) is 5. The molecule has 0 N–H and O–H groups in total. The first-order valence-corrected chi connectivity index (χ1v) is 10.0. The second-order valence-corrected chi connectivity index (χ2v) is 6.80. The normalized spacial score (nSPS) is 11.3. The highest BCUT2D eigenvalue weighted by atomic mass is 32.2. The summed E-state index contributed by atoms with van der Waals surface area (Å²) in [5.74, 6) is 0.310. The minimum Gasteiger partial charge on any atom is -0.493 e. The van der Waals surface area contributed by atoms with Crippen LogP contribution >= 0.6 is 11.8 Å². The average Bonchev–Trinajstić information content (AvgIpc) is 3.20. The van der Waals surface area contributed by atoms with E-state index in [1.807, 2.05) is 0 Å². The Hall–Kier alpha value is -3.54. The highest BCUT2D eigenvalue weighted by Gasteiger charge is 2.19. The van der Waals surface area contributed by atoms with E-state index in [-0.39, 0.29) is 17.5 Å². The first-order chi connectivity index (χ1) is 14.9. The van der Waals surface area contributed by atoms with Crippen LogP contribution in [0.2, 0.25) is 0 Å². The second-order valence-electron chi connectivity index (χ2n) is 6.02. The smallest absolute Gasteiger partial charge is 0.299 e. The largest absolute Gasteiger partial charge is 0.493 e. The molecular formula is C19H17F2N5O4S. The molecule has 0 fully saturated rings. The maximum absolute atomic E-state index is 13.1. The average molecular weight is 449 g/mol. The van der Waals surface area contributed by atoms with Crippen LogP contribution in [0.4, 0.5) is 14.5 Å². The summed E-state index contributed by atoms with van der Waals surface area (Å²) in [5, 5.41) is 22.2. The van der Waals surface area contributed by atoms with Crippen molar-refractivity contribution in [3.63, 3.8) is 0 Å². The lowest BCUT2D eigenvalue weighted by atomic mass is 10.2. The van der Waals surface area contributed by atoms with Gasteiger partial charge in [0.1, 0.15) is 6.61 Å². The Morgan fingerprint density at radius 2 is 1.97 bits per heavy atom. The van der Waals surface area contributed by atoms with Gasteiger partial charge < -0.3 is 9.47 Å². The molecule has 1 aromatic heterocycles. The van der Waals surface area contributed by atoms with E-state index in [9.17, 15) is 18.9 Å². The summed E-state index contributed by atoms with van der Waals surface area (Å²) in [6.45, 7) is 0.178. The molecule has 0 aliphatic rings. The molecule has 0 aliphatic heterocycles. The fraction of sp³-hybridized carbons (Fsp3) is 0.211. The monoisotopic (exact) mass is 449 g/mol. The van der Waals surface area contributed by atoms with Gasteiger partial charge in [-0.3, -0.25) is 10.1 Å². The quantitative estimate of drug-likeness (QED) is 0.207. The third-order valence-electron chi connectivity index (χ3n) is 4.07. The molecule has 0 atom stereocenters. The van der Waals surface area contributed by atoms with E-state index in [0.29, 0.717) is 17.1 Å². The van der Waals surface area contributed by atoms with Gasteiger partial charge in [-0.2, -0.15) is 9.78 Å². The molecule has 0 radical (unpaired) electrons. The Morgan fingerprint density at radius 1 is 1.23 bits per heavy atom. The number of aromatic nitrogens is 3. The molecule has 0 aliphatic carbocycles. The van der Waals surface area contributed by atoms with Crippen LogP contribution in [-0.2, 0) is 6.61 Å². The highest BCUT2D eigenvalue weighted by molar-refractivity contribution is 7.98. The van der Waals surface area contributed by atoms with Crippen LogP contribution in [0.3, 0.4) is 0 Å². The summed E-state index contributed by atoms with van der Waals surface area (Å²) in [4.78, 5) is 10.3. The molecule has 9 nitrogen and oxygen atoms in total. The molecule has 0 unspecified atom stereocenters. The van der Waals surface area contributed by atoms with Crippen LogP contribution in [0.15, 0.2) is 52.7 Å². The first-order valence-electron chi connectivity index (χ1n) is 8.79. The maximum atomic E-state index is 13.1. The Morgan fingerprint density at radius 3 is 2.58 bits per heavy atom. The van der Waals surface area contributed by atoms with E-state index in [1.165, 1.54) is 25.5 Å². The molecule has 0 saturated carbocycles. The minimum absolute atomic E-state index is 0.00214. The van der Waals surface area contributed by atoms with Crippen molar-refractivity contribution in [2.75, 3.05) is 13.4 Å². The van der Waals surface area contributed by atoms with E-state index in [4.69, 9.17) is 9.47 Å². The number of ether oxygens (including phenoxy) is 2. The molecular weight excluding hydrogens is 432 g/mol. The summed E-state index contributed by atoms with van der Waals surface area (Å²) < 4.78 is 38.2. The van der Waals surface area contributed by atoms with E-state index in [1.54, 1.807) is 36.6 Å². The third-order valence-corrected chi connectivity index (χ3v) is 4.69. The molecule has 12 heteroatoms. The van der Waals surface area contributed by atoms with E-state index in [2.05, 4.69) is 15.3 Å². The van der Waals surface area contributed by atoms with E-state index in [0.717, 1.165) is 22.0 Å². The van der Waals surface area contributed by atoms with Gasteiger partial charge in [-0.15, -0.1) is 10.2 Å². The van der Waals surface area contributed by atoms with Crippen molar-refractivity contribution in [2.24, 2.45) is 5.10 Å². The Kier molecular flexibility index (Phi) is 7.13. The summed E-state index contributed by atoms with van der Waals surface area (Å²) in [6.07, 6.45) is 0.262. The van der Waals surface area contributed by atoms with E-state index < -0.39 is 17.2 Å². The van der Waals surface area contributed by atoms with Crippen molar-refractivity contribution < 1.29 is 23.2 Å². The van der Waals surface area contributed by atoms with Crippen molar-refractivity contribution >= 4 is 23.7 Å². The van der Waals surface area contributed by atoms with Gasteiger partial charge in [0, 0.05) is 12.1 Å². The van der Waals surface area contributed by atoms with Gasteiger partial charge in [0.2, 0.25) is 11.0 Å². The number of hydrogen-bond acceptors (Lipinski definition) is 8. The lowest BCUT2D eigenvalue weighted by molar-refractivity contribution is -0.384. The number of alkyl halides is 2. The SMILES string of the molecule is COc1cc(/C=N\n2c(SC)nnc2C(F)F)ccc1OCc1ccc([N+](=O)[O-])cc1. The Balaban J connectivity index is 1.75. The first kappa shape index (κ1) is 22.2. The van der Waals surface area contributed by atoms with Crippen LogP contribution in [0, 0.1) is 10.1 Å². The van der Waals surface area contributed by atoms with Gasteiger partial charge >= 0.3 is 0 Å². The predicted octanol–water partition coefficient (Wildman–Crippen LogP) is 4.32. The zero-order valence-corrected chi connectivity index (χ0v) is 17.3. The summed E-state index contributed by atoms with van der Waals surface area (Å²) in [6, 6.07) is 11.0. The van der Waals surface area contributed by atoms with Crippen molar-refractivity contribution in [1.29, 1.82) is 0 Å². The lowest BCUT2D eigenvalue weighted by Gasteiger charge is -2.11. The maximum Gasteiger partial charge on any atom is 0.299 e. The van der Waals surface area contributed by atoms with Gasteiger partial charge in [-0.05, 0) is 47.7 Å². The molecule has 162 valence electrons. The number of halogens is 2. The molecule has 0 spiro atoms. The van der Waals surface area contributed by atoms with Crippen molar-refractivity contribution in [2.45, 2.75) is 18.2 Å². The standard InChI is InChI=1S/C19H17F2N5O4S/c1-29-16-9-13(10-22-25-18(17(20)21)23-24-19(25)31-2)5-8-15(16)30-11-12-3-6-14(7-4-12)26(27)28/h3-10,17H,11H2,1-2H3/b22-10-. The number of methoxy groups -OCH3 is 1. The number of non-ortho nitro benzene ring substituents is 1. The summed E-state index contributed by atoms with van der Waals surface area (Å²) in [7, 11) is 1.47. The summed E-state index contributed by atoms with van der Waals surface area (Å²) >= 11 is 1.15. The zero-order valence-electron chi connectivity index (χ0n) is 16.4. The molecule has 3 aromatic rings. The van der Waals surface area contributed by atoms with Crippen molar-refractivity contribution in [3.05, 3.63) is 69.5 Å². The van der Waals surface area contributed by atoms with Crippen LogP contribution in [0.25, 0.3) is 0 Å². The van der Waals surface area contributed by atoms with Crippen LogP contribution < -0.4 is 9.47 Å². The summed E-state index contributed by atoms with van der Waals surface area (Å²) in [5.41, 5.74) is 1.33. The molecule has 31 heavy (non-hydrogen) atoms. The fourth-order valence-electron chi connectivity index (χ4n) is 2.53. The van der Waals surface area contributed by atoms with Gasteiger partial charge in [-0.25, -0.2) is 8.78 Å². The number of thioether (sulfide) groups is 1. The Bertz CT molecular complexity index is 1090.